The second-order valence-corrected chi connectivity index (χ2v) is 7.00. The van der Waals surface area contributed by atoms with Crippen molar-refractivity contribution in [2.24, 2.45) is 0 Å². The maximum absolute atomic E-state index is 13.3. The van der Waals surface area contributed by atoms with Crippen LogP contribution in [-0.2, 0) is 20.4 Å². The number of alkyl halides is 3. The molecule has 0 aliphatic carbocycles. The molecule has 2 aromatic rings. The second kappa shape index (κ2) is 11.1. The molecule has 0 saturated heterocycles. The number of ether oxygens (including phenoxy) is 4. The first kappa shape index (κ1) is 25.3. The van der Waals surface area contributed by atoms with Crippen LogP contribution < -0.4 is 9.47 Å². The van der Waals surface area contributed by atoms with Crippen LogP contribution in [0.5, 0.6) is 17.2 Å². The Hall–Kier alpha value is -2.94. The van der Waals surface area contributed by atoms with Crippen LogP contribution in [0, 0.1) is 0 Å². The summed E-state index contributed by atoms with van der Waals surface area (Å²) in [7, 11) is 0.941. The van der Waals surface area contributed by atoms with E-state index in [2.05, 4.69) is 4.74 Å². The summed E-state index contributed by atoms with van der Waals surface area (Å²) in [5.41, 5.74) is -2.12. The lowest BCUT2D eigenvalue weighted by Gasteiger charge is -2.19. The molecule has 2 rings (SSSR count). The highest BCUT2D eigenvalue weighted by Gasteiger charge is 2.38. The van der Waals surface area contributed by atoms with Crippen molar-refractivity contribution in [3.05, 3.63) is 52.5 Å². The molecule has 0 saturated carbocycles. The van der Waals surface area contributed by atoms with Crippen LogP contribution in [0.1, 0.15) is 42.6 Å². The molecule has 0 N–H and O–H groups in total. The van der Waals surface area contributed by atoms with Crippen LogP contribution >= 0.6 is 11.6 Å². The third-order valence-corrected chi connectivity index (χ3v) is 4.62. The van der Waals surface area contributed by atoms with Crippen molar-refractivity contribution >= 4 is 23.5 Å². The average molecular weight is 475 g/mol. The highest BCUT2D eigenvalue weighted by Crippen LogP contribution is 2.42. The number of para-hydroxylation sites is 2. The molecule has 32 heavy (non-hydrogen) atoms. The first-order chi connectivity index (χ1) is 15.1. The Balaban J connectivity index is 2.32. The maximum Gasteiger partial charge on any atom is 0.417 e. The fourth-order valence-electron chi connectivity index (χ4n) is 2.60. The van der Waals surface area contributed by atoms with E-state index in [0.29, 0.717) is 12.5 Å². The fraction of sp³-hybridized carbons (Fsp3) is 0.364. The zero-order valence-electron chi connectivity index (χ0n) is 17.6. The van der Waals surface area contributed by atoms with E-state index in [1.165, 1.54) is 19.1 Å². The van der Waals surface area contributed by atoms with Crippen molar-refractivity contribution in [2.75, 3.05) is 13.7 Å². The van der Waals surface area contributed by atoms with Gasteiger partial charge in [-0.2, -0.15) is 13.2 Å². The zero-order valence-corrected chi connectivity index (χ0v) is 18.4. The third kappa shape index (κ3) is 6.29. The van der Waals surface area contributed by atoms with Crippen LogP contribution in [0.2, 0.25) is 5.02 Å². The number of hydrogen-bond acceptors (Lipinski definition) is 6. The molecule has 0 bridgehead atoms. The fourth-order valence-corrected chi connectivity index (χ4v) is 2.88. The molecule has 0 aliphatic rings. The summed E-state index contributed by atoms with van der Waals surface area (Å²) in [5, 5.41) is -0.575. The Morgan fingerprint density at radius 1 is 1.06 bits per heavy atom. The average Bonchev–Trinajstić information content (AvgIpc) is 2.74. The van der Waals surface area contributed by atoms with Gasteiger partial charge in [-0.1, -0.05) is 37.1 Å². The van der Waals surface area contributed by atoms with Crippen LogP contribution in [0.15, 0.2) is 36.4 Å². The Bertz CT molecular complexity index is 961. The zero-order chi connectivity index (χ0) is 23.9. The van der Waals surface area contributed by atoms with Gasteiger partial charge in [-0.05, 0) is 37.6 Å². The largest absolute Gasteiger partial charge is 0.475 e. The van der Waals surface area contributed by atoms with Gasteiger partial charge in [-0.3, -0.25) is 0 Å². The standard InChI is InChI=1S/C22H22ClF3O6/c1-4-5-12-30-20(27)13(2)31-15-8-6-7-9-16(15)32-17-11-10-14(22(24,25)26)18(19(17)23)21(28)29-3/h6-11,13H,4-5,12H2,1-3H3. The molecule has 6 nitrogen and oxygen atoms in total. The van der Waals surface area contributed by atoms with Gasteiger partial charge in [0.25, 0.3) is 0 Å². The molecular formula is C22H22ClF3O6. The molecule has 10 heteroatoms. The molecule has 0 fully saturated rings. The summed E-state index contributed by atoms with van der Waals surface area (Å²) in [6.07, 6.45) is -4.22. The molecule has 1 unspecified atom stereocenters. The third-order valence-electron chi connectivity index (χ3n) is 4.25. The van der Waals surface area contributed by atoms with Crippen LogP contribution in [-0.4, -0.2) is 31.8 Å². The number of esters is 2. The first-order valence-electron chi connectivity index (χ1n) is 9.68. The summed E-state index contributed by atoms with van der Waals surface area (Å²) in [6, 6.07) is 7.83. The normalized spacial score (nSPS) is 12.1. The van der Waals surface area contributed by atoms with Gasteiger partial charge in [0.05, 0.1) is 29.9 Å². The lowest BCUT2D eigenvalue weighted by atomic mass is 10.1. The molecule has 1 atom stereocenters. The molecule has 0 amide bonds. The number of benzene rings is 2. The SMILES string of the molecule is CCCCOC(=O)C(C)Oc1ccccc1Oc1ccc(C(F)(F)F)c(C(=O)OC)c1Cl. The predicted octanol–water partition coefficient (Wildman–Crippen LogP) is 6.05. The summed E-state index contributed by atoms with van der Waals surface area (Å²) < 4.78 is 60.7. The molecule has 0 aromatic heterocycles. The van der Waals surface area contributed by atoms with Gasteiger partial charge in [0.2, 0.25) is 0 Å². The number of hydrogen-bond donors (Lipinski definition) is 0. The van der Waals surface area contributed by atoms with E-state index in [9.17, 15) is 22.8 Å². The number of unbranched alkanes of at least 4 members (excludes halogenated alkanes) is 1. The van der Waals surface area contributed by atoms with Crippen LogP contribution in [0.3, 0.4) is 0 Å². The first-order valence-corrected chi connectivity index (χ1v) is 10.1. The smallest absolute Gasteiger partial charge is 0.417 e. The Labute approximate surface area is 188 Å². The van der Waals surface area contributed by atoms with Crippen molar-refractivity contribution < 1.29 is 41.7 Å². The lowest BCUT2D eigenvalue weighted by Crippen LogP contribution is -2.26. The number of methoxy groups -OCH3 is 1. The van der Waals surface area contributed by atoms with E-state index in [1.54, 1.807) is 12.1 Å². The van der Waals surface area contributed by atoms with E-state index in [1.807, 2.05) is 6.92 Å². The quantitative estimate of drug-likeness (QED) is 0.325. The highest BCUT2D eigenvalue weighted by atomic mass is 35.5. The predicted molar refractivity (Wildman–Crippen MR) is 110 cm³/mol. The molecule has 0 radical (unpaired) electrons. The van der Waals surface area contributed by atoms with Crippen LogP contribution in [0.4, 0.5) is 13.2 Å². The Kier molecular flexibility index (Phi) is 8.77. The van der Waals surface area contributed by atoms with Gasteiger partial charge in [-0.25, -0.2) is 9.59 Å². The maximum atomic E-state index is 13.3. The number of carbonyl (C=O) groups is 2. The topological polar surface area (TPSA) is 71.1 Å². The number of carbonyl (C=O) groups excluding carboxylic acids is 2. The number of rotatable bonds is 9. The van der Waals surface area contributed by atoms with E-state index >= 15 is 0 Å². The molecule has 2 aromatic carbocycles. The summed E-state index contributed by atoms with van der Waals surface area (Å²) in [5.74, 6) is -1.87. The molecule has 0 aliphatic heterocycles. The van der Waals surface area contributed by atoms with E-state index in [4.69, 9.17) is 25.8 Å². The monoisotopic (exact) mass is 474 g/mol. The van der Waals surface area contributed by atoms with Crippen molar-refractivity contribution in [3.63, 3.8) is 0 Å². The minimum absolute atomic E-state index is 0.0678. The number of halogens is 4. The van der Waals surface area contributed by atoms with E-state index < -0.39 is 40.4 Å². The van der Waals surface area contributed by atoms with Crippen molar-refractivity contribution in [2.45, 2.75) is 39.0 Å². The van der Waals surface area contributed by atoms with Crippen LogP contribution in [0.25, 0.3) is 0 Å². The second-order valence-electron chi connectivity index (χ2n) is 6.62. The summed E-state index contributed by atoms with van der Waals surface area (Å²) in [6.45, 7) is 3.71. The molecule has 174 valence electrons. The lowest BCUT2D eigenvalue weighted by molar-refractivity contribution is -0.151. The van der Waals surface area contributed by atoms with Crippen molar-refractivity contribution in [3.8, 4) is 17.2 Å². The van der Waals surface area contributed by atoms with Crippen molar-refractivity contribution in [1.29, 1.82) is 0 Å². The Morgan fingerprint density at radius 3 is 2.31 bits per heavy atom. The minimum atomic E-state index is -4.83. The minimum Gasteiger partial charge on any atom is -0.475 e. The molecule has 0 heterocycles. The summed E-state index contributed by atoms with van der Waals surface area (Å²) in [4.78, 5) is 24.0. The van der Waals surface area contributed by atoms with Gasteiger partial charge in [0.15, 0.2) is 17.6 Å². The van der Waals surface area contributed by atoms with Gasteiger partial charge in [0.1, 0.15) is 5.75 Å². The van der Waals surface area contributed by atoms with E-state index in [-0.39, 0.29) is 23.9 Å². The van der Waals surface area contributed by atoms with Gasteiger partial charge >= 0.3 is 18.1 Å². The summed E-state index contributed by atoms with van der Waals surface area (Å²) >= 11 is 6.08. The van der Waals surface area contributed by atoms with Gasteiger partial charge < -0.3 is 18.9 Å². The van der Waals surface area contributed by atoms with E-state index in [0.717, 1.165) is 19.6 Å². The van der Waals surface area contributed by atoms with Crippen molar-refractivity contribution in [1.82, 2.24) is 0 Å². The Morgan fingerprint density at radius 2 is 1.72 bits per heavy atom. The molecular weight excluding hydrogens is 453 g/mol. The molecule has 0 spiro atoms. The van der Waals surface area contributed by atoms with Gasteiger partial charge in [0, 0.05) is 0 Å². The van der Waals surface area contributed by atoms with Gasteiger partial charge in [-0.15, -0.1) is 0 Å². The highest BCUT2D eigenvalue weighted by molar-refractivity contribution is 6.35.